The molecule has 1 atom stereocenters. The summed E-state index contributed by atoms with van der Waals surface area (Å²) in [6.07, 6.45) is 2.51. The summed E-state index contributed by atoms with van der Waals surface area (Å²) in [7, 11) is 0. The molecule has 0 aromatic rings. The summed E-state index contributed by atoms with van der Waals surface area (Å²) in [5.41, 5.74) is 5.51. The van der Waals surface area contributed by atoms with Gasteiger partial charge in [-0.1, -0.05) is 19.0 Å². The number of rotatable bonds is 8. The van der Waals surface area contributed by atoms with Crippen LogP contribution in [0.5, 0.6) is 0 Å². The standard InChI is InChI=1S/C12H23N3O3/c1-8(2)10(11(13)15-17)12(16)14-5-6-18-7-9-3-4-9/h8-10,17H,3-7H2,1-2H3,(H2,13,15)(H,14,16). The van der Waals surface area contributed by atoms with Crippen LogP contribution in [0.3, 0.4) is 0 Å². The van der Waals surface area contributed by atoms with Crippen molar-refractivity contribution in [2.75, 3.05) is 19.8 Å². The molecule has 0 bridgehead atoms. The van der Waals surface area contributed by atoms with Crippen LogP contribution in [0.25, 0.3) is 0 Å². The first-order chi connectivity index (χ1) is 8.56. The van der Waals surface area contributed by atoms with Crippen LogP contribution in [0.4, 0.5) is 0 Å². The molecule has 0 aromatic heterocycles. The number of hydrogen-bond donors (Lipinski definition) is 3. The Bertz CT molecular complexity index is 301. The number of nitrogens with one attached hydrogen (secondary N) is 1. The van der Waals surface area contributed by atoms with Crippen LogP contribution in [0, 0.1) is 17.8 Å². The van der Waals surface area contributed by atoms with Gasteiger partial charge in [-0.2, -0.15) is 0 Å². The van der Waals surface area contributed by atoms with Crippen molar-refractivity contribution in [3.8, 4) is 0 Å². The highest BCUT2D eigenvalue weighted by Gasteiger charge is 2.26. The topological polar surface area (TPSA) is 96.9 Å². The van der Waals surface area contributed by atoms with Gasteiger partial charge in [0.25, 0.3) is 0 Å². The van der Waals surface area contributed by atoms with Crippen molar-refractivity contribution < 1.29 is 14.7 Å². The summed E-state index contributed by atoms with van der Waals surface area (Å²) in [6, 6.07) is 0. The fourth-order valence-corrected chi connectivity index (χ4v) is 1.73. The van der Waals surface area contributed by atoms with Crippen LogP contribution in [0.2, 0.25) is 0 Å². The third-order valence-corrected chi connectivity index (χ3v) is 2.98. The Morgan fingerprint density at radius 1 is 1.56 bits per heavy atom. The number of amidine groups is 1. The molecule has 4 N–H and O–H groups in total. The summed E-state index contributed by atoms with van der Waals surface area (Å²) in [5, 5.41) is 14.3. The summed E-state index contributed by atoms with van der Waals surface area (Å²) in [4.78, 5) is 11.9. The molecule has 1 saturated carbocycles. The average molecular weight is 257 g/mol. The minimum absolute atomic E-state index is 0.0201. The van der Waals surface area contributed by atoms with Crippen LogP contribution in [0.1, 0.15) is 26.7 Å². The van der Waals surface area contributed by atoms with E-state index in [2.05, 4.69) is 10.5 Å². The molecule has 1 rings (SSSR count). The molecule has 1 fully saturated rings. The van der Waals surface area contributed by atoms with Gasteiger partial charge >= 0.3 is 0 Å². The van der Waals surface area contributed by atoms with Crippen molar-refractivity contribution in [1.82, 2.24) is 5.32 Å². The van der Waals surface area contributed by atoms with Crippen molar-refractivity contribution in [3.63, 3.8) is 0 Å². The van der Waals surface area contributed by atoms with Gasteiger partial charge < -0.3 is 21.0 Å². The van der Waals surface area contributed by atoms with Gasteiger partial charge in [-0.05, 0) is 24.7 Å². The summed E-state index contributed by atoms with van der Waals surface area (Å²) in [5.74, 6) is -0.176. The number of carbonyl (C=O) groups is 1. The van der Waals surface area contributed by atoms with E-state index in [0.717, 1.165) is 12.5 Å². The maximum Gasteiger partial charge on any atom is 0.231 e. The summed E-state index contributed by atoms with van der Waals surface area (Å²) >= 11 is 0. The molecule has 1 aliphatic carbocycles. The predicted molar refractivity (Wildman–Crippen MR) is 68.3 cm³/mol. The number of hydrogen-bond acceptors (Lipinski definition) is 4. The van der Waals surface area contributed by atoms with Gasteiger partial charge in [0.2, 0.25) is 5.91 Å². The second-order valence-electron chi connectivity index (χ2n) is 5.06. The van der Waals surface area contributed by atoms with Crippen molar-refractivity contribution in [3.05, 3.63) is 0 Å². The van der Waals surface area contributed by atoms with Crippen molar-refractivity contribution >= 4 is 11.7 Å². The number of amides is 1. The van der Waals surface area contributed by atoms with E-state index in [0.29, 0.717) is 13.2 Å². The molecule has 18 heavy (non-hydrogen) atoms. The van der Waals surface area contributed by atoms with Gasteiger partial charge in [0, 0.05) is 13.2 Å². The van der Waals surface area contributed by atoms with Crippen LogP contribution in [-0.2, 0) is 9.53 Å². The smallest absolute Gasteiger partial charge is 0.231 e. The molecule has 6 nitrogen and oxygen atoms in total. The zero-order chi connectivity index (χ0) is 13.5. The largest absolute Gasteiger partial charge is 0.409 e. The molecule has 104 valence electrons. The first kappa shape index (κ1) is 14.8. The quantitative estimate of drug-likeness (QED) is 0.194. The van der Waals surface area contributed by atoms with Gasteiger partial charge in [0.1, 0.15) is 5.92 Å². The lowest BCUT2D eigenvalue weighted by Crippen LogP contribution is -2.42. The molecule has 1 unspecified atom stereocenters. The fraction of sp³-hybridized carbons (Fsp3) is 0.833. The van der Waals surface area contributed by atoms with E-state index in [9.17, 15) is 4.79 Å². The van der Waals surface area contributed by atoms with E-state index in [1.807, 2.05) is 13.8 Å². The van der Waals surface area contributed by atoms with Gasteiger partial charge in [-0.15, -0.1) is 0 Å². The Morgan fingerprint density at radius 2 is 2.22 bits per heavy atom. The predicted octanol–water partition coefficient (Wildman–Crippen LogP) is 0.548. The van der Waals surface area contributed by atoms with E-state index >= 15 is 0 Å². The monoisotopic (exact) mass is 257 g/mol. The van der Waals surface area contributed by atoms with E-state index < -0.39 is 5.92 Å². The highest BCUT2D eigenvalue weighted by atomic mass is 16.5. The zero-order valence-corrected chi connectivity index (χ0v) is 11.1. The van der Waals surface area contributed by atoms with Gasteiger partial charge in [-0.3, -0.25) is 4.79 Å². The van der Waals surface area contributed by atoms with Gasteiger partial charge in [-0.25, -0.2) is 0 Å². The van der Waals surface area contributed by atoms with Crippen molar-refractivity contribution in [2.24, 2.45) is 28.6 Å². The van der Waals surface area contributed by atoms with E-state index in [-0.39, 0.29) is 17.7 Å². The first-order valence-electron chi connectivity index (χ1n) is 6.39. The molecule has 0 radical (unpaired) electrons. The maximum absolute atomic E-state index is 11.9. The number of carbonyl (C=O) groups excluding carboxylic acids is 1. The Kier molecular flexibility index (Phi) is 5.91. The Morgan fingerprint density at radius 3 is 2.72 bits per heavy atom. The van der Waals surface area contributed by atoms with Crippen LogP contribution < -0.4 is 11.1 Å². The van der Waals surface area contributed by atoms with E-state index in [4.69, 9.17) is 15.7 Å². The third-order valence-electron chi connectivity index (χ3n) is 2.98. The Hall–Kier alpha value is -1.30. The Balaban J connectivity index is 2.23. The summed E-state index contributed by atoms with van der Waals surface area (Å²) in [6.45, 7) is 5.44. The van der Waals surface area contributed by atoms with Crippen molar-refractivity contribution in [1.29, 1.82) is 0 Å². The maximum atomic E-state index is 11.9. The van der Waals surface area contributed by atoms with E-state index in [1.54, 1.807) is 0 Å². The SMILES string of the molecule is CC(C)C(C(=O)NCCOCC1CC1)C(N)=NO. The molecule has 0 saturated heterocycles. The molecule has 0 spiro atoms. The van der Waals surface area contributed by atoms with Crippen LogP contribution >= 0.6 is 0 Å². The highest BCUT2D eigenvalue weighted by molar-refractivity contribution is 6.02. The number of ether oxygens (including phenoxy) is 1. The molecule has 1 amide bonds. The molecule has 6 heteroatoms. The van der Waals surface area contributed by atoms with E-state index in [1.165, 1.54) is 12.8 Å². The molecule has 0 aliphatic heterocycles. The second-order valence-corrected chi connectivity index (χ2v) is 5.06. The van der Waals surface area contributed by atoms with Crippen LogP contribution in [-0.4, -0.2) is 36.7 Å². The van der Waals surface area contributed by atoms with Crippen LogP contribution in [0.15, 0.2) is 5.16 Å². The highest BCUT2D eigenvalue weighted by Crippen LogP contribution is 2.28. The van der Waals surface area contributed by atoms with Crippen molar-refractivity contribution in [2.45, 2.75) is 26.7 Å². The number of oxime groups is 1. The first-order valence-corrected chi connectivity index (χ1v) is 6.39. The van der Waals surface area contributed by atoms with Gasteiger partial charge in [0.05, 0.1) is 6.61 Å². The molecular weight excluding hydrogens is 234 g/mol. The Labute approximate surface area is 108 Å². The number of nitrogens with zero attached hydrogens (tertiary/aromatic N) is 1. The minimum atomic E-state index is -0.599. The molecule has 0 aromatic carbocycles. The lowest BCUT2D eigenvalue weighted by atomic mass is 9.94. The second kappa shape index (κ2) is 7.20. The minimum Gasteiger partial charge on any atom is -0.409 e. The molecular formula is C12H23N3O3. The zero-order valence-electron chi connectivity index (χ0n) is 11.1. The van der Waals surface area contributed by atoms with Gasteiger partial charge in [0.15, 0.2) is 5.84 Å². The third kappa shape index (κ3) is 4.91. The number of nitrogens with two attached hydrogens (primary N) is 1. The average Bonchev–Trinajstić information content (AvgIpc) is 3.12. The lowest BCUT2D eigenvalue weighted by Gasteiger charge is -2.18. The summed E-state index contributed by atoms with van der Waals surface area (Å²) < 4.78 is 5.41. The molecule has 1 aliphatic rings. The molecule has 0 heterocycles. The normalized spacial score (nSPS) is 17.8. The lowest BCUT2D eigenvalue weighted by molar-refractivity contribution is -0.124. The fourth-order valence-electron chi connectivity index (χ4n) is 1.73.